The van der Waals surface area contributed by atoms with E-state index in [0.29, 0.717) is 27.8 Å². The van der Waals surface area contributed by atoms with Crippen molar-refractivity contribution in [2.24, 2.45) is 7.05 Å². The molecule has 204 valence electrons. The lowest BCUT2D eigenvalue weighted by molar-refractivity contribution is -0.151. The lowest BCUT2D eigenvalue weighted by atomic mass is 10.0. The molecule has 3 N–H and O–H groups in total. The minimum absolute atomic E-state index is 0.116. The number of β-lactam (4-membered cyclic amide) rings is 1. The second-order valence-electron chi connectivity index (χ2n) is 8.59. The summed E-state index contributed by atoms with van der Waals surface area (Å²) >= 11 is 3.60. The molecule has 2 unspecified atom stereocenters. The number of aromatic nitrogens is 4. The molecule has 3 atom stereocenters. The van der Waals surface area contributed by atoms with Gasteiger partial charge >= 0.3 is 12.0 Å². The van der Waals surface area contributed by atoms with Gasteiger partial charge in [-0.1, -0.05) is 53.9 Å². The van der Waals surface area contributed by atoms with Crippen LogP contribution in [0.1, 0.15) is 11.6 Å². The smallest absolute Gasteiger partial charge is 0.352 e. The number of carbonyl (C=O) groups excluding carboxylic acids is 4. The third kappa shape index (κ3) is 5.33. The summed E-state index contributed by atoms with van der Waals surface area (Å²) in [4.78, 5) is 65.6. The summed E-state index contributed by atoms with van der Waals surface area (Å²) in [6.45, 7) is 0.228. The van der Waals surface area contributed by atoms with Crippen molar-refractivity contribution in [3.05, 3.63) is 47.2 Å². The first-order chi connectivity index (χ1) is 18.8. The number of benzene rings is 1. The van der Waals surface area contributed by atoms with Crippen LogP contribution in [0.5, 0.6) is 0 Å². The Morgan fingerprint density at radius 3 is 2.64 bits per heavy atom. The fraction of sp³-hybridized carbons (Fsp3) is 0.364. The van der Waals surface area contributed by atoms with E-state index in [1.165, 1.54) is 33.1 Å². The van der Waals surface area contributed by atoms with E-state index in [-0.39, 0.29) is 18.0 Å². The molecule has 2 fully saturated rings. The number of hydrogen-bond acceptors (Lipinski definition) is 11. The van der Waals surface area contributed by atoms with E-state index in [1.807, 2.05) is 0 Å². The largest absolute Gasteiger partial charge is 0.477 e. The van der Waals surface area contributed by atoms with E-state index in [0.717, 1.165) is 16.7 Å². The molecule has 5 amide bonds. The van der Waals surface area contributed by atoms with Crippen LogP contribution in [0.15, 0.2) is 46.8 Å². The van der Waals surface area contributed by atoms with Gasteiger partial charge in [-0.3, -0.25) is 24.2 Å². The maximum atomic E-state index is 13.4. The summed E-state index contributed by atoms with van der Waals surface area (Å²) in [7, 11) is 1.67. The van der Waals surface area contributed by atoms with E-state index in [4.69, 9.17) is 0 Å². The molecule has 0 bridgehead atoms. The number of aryl methyl sites for hydroxylation is 1. The number of urea groups is 1. The van der Waals surface area contributed by atoms with Gasteiger partial charge in [0.05, 0.1) is 0 Å². The standard InChI is InChI=1S/C22H22N8O6S3/c1-28-21(25-26-27-28)39-10-12-9-38-18-14(17(32)30(18)15(12)19(33)34)23-16(31)13(11-5-3-2-4-6-11)24-20(35)29-7-8-37-22(29)36/h2-6,13-14,18H,7-10H2,1H3,(H,23,31)(H,24,35)(H,33,34)/t13?,14?,18-/m0/s1. The third-order valence-corrected chi connectivity index (χ3v) is 9.46. The van der Waals surface area contributed by atoms with Crippen LogP contribution < -0.4 is 10.6 Å². The second-order valence-corrected chi connectivity index (χ2v) is 11.7. The maximum Gasteiger partial charge on any atom is 0.352 e. The van der Waals surface area contributed by atoms with Crippen LogP contribution in [0.3, 0.4) is 0 Å². The van der Waals surface area contributed by atoms with Gasteiger partial charge < -0.3 is 15.7 Å². The predicted molar refractivity (Wildman–Crippen MR) is 141 cm³/mol. The number of hydrogen-bond donors (Lipinski definition) is 3. The molecule has 0 spiro atoms. The topological polar surface area (TPSA) is 180 Å². The average molecular weight is 591 g/mol. The van der Waals surface area contributed by atoms with E-state index in [1.54, 1.807) is 37.4 Å². The Balaban J connectivity index is 1.30. The quantitative estimate of drug-likeness (QED) is 0.289. The van der Waals surface area contributed by atoms with Gasteiger partial charge in [0.2, 0.25) is 11.1 Å². The highest BCUT2D eigenvalue weighted by Gasteiger charge is 2.54. The van der Waals surface area contributed by atoms with E-state index in [9.17, 15) is 29.1 Å². The molecule has 2 saturated heterocycles. The zero-order valence-corrected chi connectivity index (χ0v) is 22.8. The average Bonchev–Trinajstić information content (AvgIpc) is 3.55. The van der Waals surface area contributed by atoms with Gasteiger partial charge in [0.25, 0.3) is 11.1 Å². The summed E-state index contributed by atoms with van der Waals surface area (Å²) in [5.41, 5.74) is 0.888. The van der Waals surface area contributed by atoms with Crippen LogP contribution in [0.4, 0.5) is 9.59 Å². The van der Waals surface area contributed by atoms with Crippen molar-refractivity contribution < 1.29 is 29.1 Å². The number of carboxylic acid groups (broad SMARTS) is 1. The van der Waals surface area contributed by atoms with Crippen LogP contribution >= 0.6 is 35.3 Å². The van der Waals surface area contributed by atoms with Gasteiger partial charge in [0.1, 0.15) is 23.2 Å². The molecular formula is C22H22N8O6S3. The number of carboxylic acids is 1. The first kappa shape index (κ1) is 27.0. The van der Waals surface area contributed by atoms with E-state index < -0.39 is 46.5 Å². The number of aliphatic carboxylic acids is 1. The minimum Gasteiger partial charge on any atom is -0.477 e. The predicted octanol–water partition coefficient (Wildman–Crippen LogP) is 0.661. The highest BCUT2D eigenvalue weighted by atomic mass is 32.2. The van der Waals surface area contributed by atoms with E-state index >= 15 is 0 Å². The number of nitrogens with zero attached hydrogens (tertiary/aromatic N) is 6. The molecule has 3 aliphatic rings. The fourth-order valence-electron chi connectivity index (χ4n) is 4.25. The highest BCUT2D eigenvalue weighted by molar-refractivity contribution is 8.13. The minimum atomic E-state index is -1.24. The Hall–Kier alpha value is -3.57. The van der Waals surface area contributed by atoms with Crippen molar-refractivity contribution in [2.45, 2.75) is 22.6 Å². The highest BCUT2D eigenvalue weighted by Crippen LogP contribution is 2.41. The first-order valence-electron chi connectivity index (χ1n) is 11.6. The summed E-state index contributed by atoms with van der Waals surface area (Å²) in [5, 5.41) is 25.8. The zero-order chi connectivity index (χ0) is 27.7. The number of rotatable bonds is 8. The fourth-order valence-corrected chi connectivity index (χ4v) is 7.36. The number of carbonyl (C=O) groups is 5. The Kier molecular flexibility index (Phi) is 7.81. The van der Waals surface area contributed by atoms with Crippen molar-refractivity contribution in [3.8, 4) is 0 Å². The molecular weight excluding hydrogens is 568 g/mol. The molecule has 4 heterocycles. The van der Waals surface area contributed by atoms with Crippen molar-refractivity contribution in [2.75, 3.05) is 23.8 Å². The summed E-state index contributed by atoms with van der Waals surface area (Å²) in [5.74, 6) is -1.39. The van der Waals surface area contributed by atoms with Crippen molar-refractivity contribution >= 4 is 64.3 Å². The number of amides is 5. The van der Waals surface area contributed by atoms with Gasteiger partial charge in [-0.25, -0.2) is 14.3 Å². The maximum absolute atomic E-state index is 13.4. The Morgan fingerprint density at radius 1 is 1.23 bits per heavy atom. The molecule has 0 aliphatic carbocycles. The number of fused-ring (bicyclic) bond motifs is 1. The number of nitrogens with one attached hydrogen (secondary N) is 2. The molecule has 2 aromatic rings. The van der Waals surface area contributed by atoms with Gasteiger partial charge in [-0.05, 0) is 21.6 Å². The number of thioether (sulfide) groups is 3. The van der Waals surface area contributed by atoms with Gasteiger partial charge in [0, 0.05) is 30.9 Å². The van der Waals surface area contributed by atoms with E-state index in [2.05, 4.69) is 26.2 Å². The summed E-state index contributed by atoms with van der Waals surface area (Å²) < 4.78 is 1.46. The van der Waals surface area contributed by atoms with Crippen molar-refractivity contribution in [1.82, 2.24) is 40.6 Å². The zero-order valence-electron chi connectivity index (χ0n) is 20.3. The second kappa shape index (κ2) is 11.3. The normalized spacial score (nSPS) is 21.4. The van der Waals surface area contributed by atoms with Crippen LogP contribution in [-0.2, 0) is 21.4 Å². The van der Waals surface area contributed by atoms with Crippen LogP contribution in [0.25, 0.3) is 0 Å². The lowest BCUT2D eigenvalue weighted by Gasteiger charge is -2.49. The van der Waals surface area contributed by atoms with Gasteiger partial charge in [-0.2, -0.15) is 0 Å². The Morgan fingerprint density at radius 2 is 2.00 bits per heavy atom. The van der Waals surface area contributed by atoms with Gasteiger partial charge in [-0.15, -0.1) is 16.9 Å². The van der Waals surface area contributed by atoms with Crippen molar-refractivity contribution in [3.63, 3.8) is 0 Å². The summed E-state index contributed by atoms with van der Waals surface area (Å²) in [6.07, 6.45) is 0. The monoisotopic (exact) mass is 590 g/mol. The molecule has 17 heteroatoms. The number of tetrazole rings is 1. The molecule has 0 radical (unpaired) electrons. The van der Waals surface area contributed by atoms with Crippen molar-refractivity contribution in [1.29, 1.82) is 0 Å². The molecule has 3 aliphatic heterocycles. The SMILES string of the molecule is Cn1nnnc1SCC1=C(C(=O)O)N2C(=O)C(NC(=O)C(NC(=O)N3CCSC3=O)c3ccccc3)[C@@H]2SC1. The molecule has 39 heavy (non-hydrogen) atoms. The van der Waals surface area contributed by atoms with Crippen LogP contribution in [-0.4, -0.2) is 99.4 Å². The number of imide groups is 1. The Labute approximate surface area is 234 Å². The molecule has 1 aromatic heterocycles. The Bertz CT molecular complexity index is 1370. The first-order valence-corrected chi connectivity index (χ1v) is 14.6. The van der Waals surface area contributed by atoms with Gasteiger partial charge in [0.15, 0.2) is 0 Å². The molecule has 14 nitrogen and oxygen atoms in total. The summed E-state index contributed by atoms with van der Waals surface area (Å²) in [6, 6.07) is 5.59. The lowest BCUT2D eigenvalue weighted by Crippen LogP contribution is -2.71. The third-order valence-electron chi connectivity index (χ3n) is 6.17. The molecule has 1 aromatic carbocycles. The molecule has 0 saturated carbocycles. The van der Waals surface area contributed by atoms with Crippen LogP contribution in [0.2, 0.25) is 0 Å². The van der Waals surface area contributed by atoms with Crippen LogP contribution in [0, 0.1) is 0 Å². The molecule has 5 rings (SSSR count).